The second-order valence-electron chi connectivity index (χ2n) is 5.12. The Morgan fingerprint density at radius 1 is 1.13 bits per heavy atom. The van der Waals surface area contributed by atoms with Crippen LogP contribution in [0.2, 0.25) is 0 Å². The van der Waals surface area contributed by atoms with Crippen molar-refractivity contribution in [2.45, 2.75) is 26.1 Å². The summed E-state index contributed by atoms with van der Waals surface area (Å²) in [5.74, 6) is -5.19. The first kappa shape index (κ1) is 18.9. The van der Waals surface area contributed by atoms with Gasteiger partial charge in [0.15, 0.2) is 0 Å². The summed E-state index contributed by atoms with van der Waals surface area (Å²) in [6.45, 7) is 1.37. The lowest BCUT2D eigenvalue weighted by atomic mass is 10.0. The van der Waals surface area contributed by atoms with Crippen LogP contribution >= 0.6 is 0 Å². The first-order valence-electron chi connectivity index (χ1n) is 6.62. The van der Waals surface area contributed by atoms with Crippen LogP contribution in [0.15, 0.2) is 18.2 Å². The third-order valence-corrected chi connectivity index (χ3v) is 2.89. The van der Waals surface area contributed by atoms with E-state index in [-0.39, 0.29) is 0 Å². The minimum absolute atomic E-state index is 0.595. The number of hydrogen-bond donors (Lipinski definition) is 2. The van der Waals surface area contributed by atoms with E-state index < -0.39 is 53.7 Å². The molecule has 0 aliphatic heterocycles. The molecule has 0 saturated heterocycles. The Morgan fingerprint density at radius 2 is 1.65 bits per heavy atom. The molecule has 0 spiro atoms. The van der Waals surface area contributed by atoms with Crippen LogP contribution in [0.3, 0.4) is 0 Å². The number of hydrogen-bond acceptors (Lipinski definition) is 2. The van der Waals surface area contributed by atoms with Gasteiger partial charge in [-0.3, -0.25) is 9.59 Å². The van der Waals surface area contributed by atoms with E-state index in [1.54, 1.807) is 5.32 Å². The van der Waals surface area contributed by atoms with Crippen LogP contribution in [-0.2, 0) is 4.79 Å². The molecule has 0 aromatic heterocycles. The normalized spacial score (nSPS) is 12.9. The predicted molar refractivity (Wildman–Crippen MR) is 71.5 cm³/mol. The minimum Gasteiger partial charge on any atom is -0.345 e. The van der Waals surface area contributed by atoms with Gasteiger partial charge in [0, 0.05) is 0 Å². The number of carbonyl (C=O) groups is 2. The van der Waals surface area contributed by atoms with Crippen molar-refractivity contribution in [3.63, 3.8) is 0 Å². The Kier molecular flexibility index (Phi) is 6.05. The van der Waals surface area contributed by atoms with Crippen LogP contribution in [0.25, 0.3) is 0 Å². The molecule has 1 aromatic carbocycles. The Labute approximate surface area is 129 Å². The molecule has 1 aromatic rings. The predicted octanol–water partition coefficient (Wildman–Crippen LogP) is 2.40. The number of benzene rings is 1. The maximum atomic E-state index is 13.5. The van der Waals surface area contributed by atoms with Gasteiger partial charge in [-0.05, 0) is 18.1 Å². The number of alkyl halides is 3. The van der Waals surface area contributed by atoms with Crippen LogP contribution < -0.4 is 10.6 Å². The lowest BCUT2D eigenvalue weighted by molar-refractivity contribution is -0.140. The highest BCUT2D eigenvalue weighted by Gasteiger charge is 2.32. The largest absolute Gasteiger partial charge is 0.405 e. The summed E-state index contributed by atoms with van der Waals surface area (Å²) < 4.78 is 63.4. The molecule has 1 atom stereocenters. The molecule has 0 saturated carbocycles. The second-order valence-corrected chi connectivity index (χ2v) is 5.12. The number of rotatable bonds is 5. The van der Waals surface area contributed by atoms with Crippen LogP contribution in [0.4, 0.5) is 22.0 Å². The average Bonchev–Trinajstić information content (AvgIpc) is 2.40. The van der Waals surface area contributed by atoms with E-state index in [1.165, 1.54) is 13.8 Å². The molecule has 128 valence electrons. The summed E-state index contributed by atoms with van der Waals surface area (Å²) in [7, 11) is 0. The standard InChI is InChI=1S/C14H15F5N2O2/c1-7(2)11(13(23)20-6-14(17,18)19)21-12(22)10-8(15)4-3-5-9(10)16/h3-5,7,11H,6H2,1-2H3,(H,20,23)(H,21,22)/t11-/m1/s1. The molecule has 0 radical (unpaired) electrons. The van der Waals surface area contributed by atoms with Gasteiger partial charge >= 0.3 is 6.18 Å². The summed E-state index contributed by atoms with van der Waals surface area (Å²) in [6, 6.07) is 1.39. The second kappa shape index (κ2) is 7.38. The third-order valence-electron chi connectivity index (χ3n) is 2.89. The maximum absolute atomic E-state index is 13.5. The van der Waals surface area contributed by atoms with Gasteiger partial charge in [-0.15, -0.1) is 0 Å². The Morgan fingerprint density at radius 3 is 2.09 bits per heavy atom. The molecular formula is C14H15F5N2O2. The lowest BCUT2D eigenvalue weighted by Gasteiger charge is -2.22. The quantitative estimate of drug-likeness (QED) is 0.810. The van der Waals surface area contributed by atoms with Crippen molar-refractivity contribution in [2.24, 2.45) is 5.92 Å². The topological polar surface area (TPSA) is 58.2 Å². The highest BCUT2D eigenvalue weighted by atomic mass is 19.4. The first-order chi connectivity index (χ1) is 10.5. The number of carbonyl (C=O) groups excluding carboxylic acids is 2. The third kappa shape index (κ3) is 5.50. The van der Waals surface area contributed by atoms with Crippen molar-refractivity contribution in [3.05, 3.63) is 35.4 Å². The van der Waals surface area contributed by atoms with E-state index >= 15 is 0 Å². The van der Waals surface area contributed by atoms with E-state index in [2.05, 4.69) is 5.32 Å². The molecule has 0 aliphatic rings. The number of amides is 2. The number of halogens is 5. The Balaban J connectivity index is 2.88. The number of nitrogens with one attached hydrogen (secondary N) is 2. The van der Waals surface area contributed by atoms with Crippen LogP contribution in [0.1, 0.15) is 24.2 Å². The Bertz CT molecular complexity index is 567. The molecule has 23 heavy (non-hydrogen) atoms. The van der Waals surface area contributed by atoms with Gasteiger partial charge in [0.05, 0.1) is 0 Å². The van der Waals surface area contributed by atoms with Crippen molar-refractivity contribution < 1.29 is 31.5 Å². The van der Waals surface area contributed by atoms with Crippen molar-refractivity contribution >= 4 is 11.8 Å². The van der Waals surface area contributed by atoms with Crippen molar-refractivity contribution in [1.29, 1.82) is 0 Å². The molecule has 0 aliphatic carbocycles. The van der Waals surface area contributed by atoms with Gasteiger partial charge in [-0.2, -0.15) is 13.2 Å². The van der Waals surface area contributed by atoms with Crippen LogP contribution in [0, 0.1) is 17.6 Å². The van der Waals surface area contributed by atoms with E-state index in [9.17, 15) is 31.5 Å². The molecule has 0 unspecified atom stereocenters. The molecule has 1 rings (SSSR count). The fourth-order valence-corrected chi connectivity index (χ4v) is 1.76. The highest BCUT2D eigenvalue weighted by molar-refractivity contribution is 5.98. The van der Waals surface area contributed by atoms with E-state index in [4.69, 9.17) is 0 Å². The molecule has 2 N–H and O–H groups in total. The lowest BCUT2D eigenvalue weighted by Crippen LogP contribution is -2.51. The van der Waals surface area contributed by atoms with Gasteiger partial charge in [0.2, 0.25) is 5.91 Å². The van der Waals surface area contributed by atoms with Crippen molar-refractivity contribution in [3.8, 4) is 0 Å². The average molecular weight is 338 g/mol. The van der Waals surface area contributed by atoms with Gasteiger partial charge in [-0.25, -0.2) is 8.78 Å². The fourth-order valence-electron chi connectivity index (χ4n) is 1.76. The van der Waals surface area contributed by atoms with Crippen molar-refractivity contribution in [1.82, 2.24) is 10.6 Å². The monoisotopic (exact) mass is 338 g/mol. The molecule has 0 fully saturated rings. The first-order valence-corrected chi connectivity index (χ1v) is 6.62. The summed E-state index contributed by atoms with van der Waals surface area (Å²) in [4.78, 5) is 23.7. The summed E-state index contributed by atoms with van der Waals surface area (Å²) in [6.07, 6.45) is -4.61. The van der Waals surface area contributed by atoms with Gasteiger partial charge in [0.25, 0.3) is 5.91 Å². The van der Waals surface area contributed by atoms with E-state index in [1.807, 2.05) is 0 Å². The van der Waals surface area contributed by atoms with Gasteiger partial charge in [0.1, 0.15) is 29.8 Å². The highest BCUT2D eigenvalue weighted by Crippen LogP contribution is 2.14. The molecule has 0 heterocycles. The SMILES string of the molecule is CC(C)[C@@H](NC(=O)c1c(F)cccc1F)C(=O)NCC(F)(F)F. The van der Waals surface area contributed by atoms with E-state index in [0.29, 0.717) is 0 Å². The molecule has 2 amide bonds. The maximum Gasteiger partial charge on any atom is 0.405 e. The van der Waals surface area contributed by atoms with Crippen LogP contribution in [0.5, 0.6) is 0 Å². The summed E-state index contributed by atoms with van der Waals surface area (Å²) >= 11 is 0. The van der Waals surface area contributed by atoms with E-state index in [0.717, 1.165) is 18.2 Å². The smallest absolute Gasteiger partial charge is 0.345 e. The fraction of sp³-hybridized carbons (Fsp3) is 0.429. The zero-order valence-electron chi connectivity index (χ0n) is 12.3. The molecular weight excluding hydrogens is 323 g/mol. The summed E-state index contributed by atoms with van der Waals surface area (Å²) in [5.41, 5.74) is -0.901. The zero-order chi connectivity index (χ0) is 17.8. The van der Waals surface area contributed by atoms with Gasteiger partial charge < -0.3 is 10.6 Å². The molecule has 9 heteroatoms. The molecule has 4 nitrogen and oxygen atoms in total. The molecule has 0 bridgehead atoms. The van der Waals surface area contributed by atoms with Gasteiger partial charge in [-0.1, -0.05) is 19.9 Å². The minimum atomic E-state index is -4.61. The Hall–Kier alpha value is -2.19. The van der Waals surface area contributed by atoms with Crippen molar-refractivity contribution in [2.75, 3.05) is 6.54 Å². The zero-order valence-corrected chi connectivity index (χ0v) is 12.3. The summed E-state index contributed by atoms with van der Waals surface area (Å²) in [5, 5.41) is 3.68. The van der Waals surface area contributed by atoms with Crippen LogP contribution in [-0.4, -0.2) is 30.6 Å².